The molecule has 0 atom stereocenters. The Balaban J connectivity index is 1.65. The molecule has 1 N–H and O–H groups in total. The quantitative estimate of drug-likeness (QED) is 0.511. The van der Waals surface area contributed by atoms with Crippen LogP contribution in [0.5, 0.6) is 11.5 Å². The minimum absolute atomic E-state index is 0.0774. The first kappa shape index (κ1) is 21.1. The van der Waals surface area contributed by atoms with Gasteiger partial charge in [0.1, 0.15) is 11.5 Å². The number of benzene rings is 2. The third kappa shape index (κ3) is 5.27. The number of hydrogen-bond acceptors (Lipinski definition) is 4. The lowest BCUT2D eigenvalue weighted by Crippen LogP contribution is -2.36. The maximum absolute atomic E-state index is 12.8. The van der Waals surface area contributed by atoms with E-state index in [4.69, 9.17) is 4.74 Å². The summed E-state index contributed by atoms with van der Waals surface area (Å²) in [6.45, 7) is 10.7. The zero-order valence-corrected chi connectivity index (χ0v) is 17.5. The van der Waals surface area contributed by atoms with Crippen LogP contribution in [0.2, 0.25) is 0 Å². The van der Waals surface area contributed by atoms with E-state index in [9.17, 15) is 9.90 Å². The fraction of sp³-hybridized carbons (Fsp3) is 0.400. The number of nitrogens with zero attached hydrogens (tertiary/aromatic N) is 1. The Labute approximate surface area is 173 Å². The SMILES string of the molecule is C=CCc1cc(OCC)cc(CN2CCC(C(=O)c3ccc(C)cc3)CC2)c1O. The Kier molecular flexibility index (Phi) is 7.10. The van der Waals surface area contributed by atoms with E-state index in [1.165, 1.54) is 5.56 Å². The molecule has 1 fully saturated rings. The average Bonchev–Trinajstić information content (AvgIpc) is 2.72. The van der Waals surface area contributed by atoms with Gasteiger partial charge in [-0.2, -0.15) is 0 Å². The standard InChI is InChI=1S/C25H31NO3/c1-4-6-21-15-23(29-5-2)16-22(25(21)28)17-26-13-11-20(12-14-26)24(27)19-9-7-18(3)8-10-19/h4,7-10,15-16,20,28H,1,5-6,11-14,17H2,2-3H3. The van der Waals surface area contributed by atoms with Crippen molar-refractivity contribution in [2.24, 2.45) is 5.92 Å². The highest BCUT2D eigenvalue weighted by Crippen LogP contribution is 2.32. The first-order chi connectivity index (χ1) is 14.0. The highest BCUT2D eigenvalue weighted by atomic mass is 16.5. The maximum Gasteiger partial charge on any atom is 0.166 e. The number of rotatable bonds is 8. The number of carbonyl (C=O) groups is 1. The third-order valence-corrected chi connectivity index (χ3v) is 5.60. The number of phenols is 1. The van der Waals surface area contributed by atoms with E-state index < -0.39 is 0 Å². The molecule has 1 aliphatic rings. The molecule has 0 unspecified atom stereocenters. The number of hydrogen-bond donors (Lipinski definition) is 1. The lowest BCUT2D eigenvalue weighted by Gasteiger charge is -2.31. The largest absolute Gasteiger partial charge is 0.507 e. The van der Waals surface area contributed by atoms with Crippen molar-refractivity contribution in [1.29, 1.82) is 0 Å². The molecule has 0 spiro atoms. The fourth-order valence-electron chi connectivity index (χ4n) is 3.96. The van der Waals surface area contributed by atoms with Crippen molar-refractivity contribution in [2.75, 3.05) is 19.7 Å². The Bertz CT molecular complexity index is 849. The molecular formula is C25H31NO3. The lowest BCUT2D eigenvalue weighted by molar-refractivity contribution is 0.0834. The number of ketones is 1. The molecule has 4 nitrogen and oxygen atoms in total. The molecule has 1 heterocycles. The number of ether oxygens (including phenoxy) is 1. The van der Waals surface area contributed by atoms with Crippen LogP contribution in [0.1, 0.15) is 46.8 Å². The van der Waals surface area contributed by atoms with Crippen LogP contribution in [-0.4, -0.2) is 35.5 Å². The van der Waals surface area contributed by atoms with E-state index in [2.05, 4.69) is 11.5 Å². The van der Waals surface area contributed by atoms with Crippen molar-refractivity contribution in [3.8, 4) is 11.5 Å². The van der Waals surface area contributed by atoms with Gasteiger partial charge in [0.2, 0.25) is 0 Å². The second kappa shape index (κ2) is 9.75. The van der Waals surface area contributed by atoms with Crippen molar-refractivity contribution in [3.05, 3.63) is 71.3 Å². The number of Topliss-reactive ketones (excluding diaryl/α,β-unsaturated/α-hetero) is 1. The number of likely N-dealkylation sites (tertiary alicyclic amines) is 1. The Morgan fingerprint density at radius 1 is 1.21 bits per heavy atom. The first-order valence-electron chi connectivity index (χ1n) is 10.4. The van der Waals surface area contributed by atoms with Gasteiger partial charge in [0, 0.05) is 29.2 Å². The molecule has 0 saturated carbocycles. The number of aromatic hydroxyl groups is 1. The minimum Gasteiger partial charge on any atom is -0.507 e. The maximum atomic E-state index is 12.8. The monoisotopic (exact) mass is 393 g/mol. The van der Waals surface area contributed by atoms with Crippen LogP contribution < -0.4 is 4.74 Å². The predicted octanol–water partition coefficient (Wildman–Crippen LogP) is 4.92. The van der Waals surface area contributed by atoms with Gasteiger partial charge in [-0.3, -0.25) is 9.69 Å². The van der Waals surface area contributed by atoms with Gasteiger partial charge in [0.15, 0.2) is 5.78 Å². The van der Waals surface area contributed by atoms with Gasteiger partial charge in [0.05, 0.1) is 6.61 Å². The Morgan fingerprint density at radius 2 is 1.86 bits per heavy atom. The summed E-state index contributed by atoms with van der Waals surface area (Å²) in [5.41, 5.74) is 3.69. The van der Waals surface area contributed by atoms with Gasteiger partial charge >= 0.3 is 0 Å². The van der Waals surface area contributed by atoms with E-state index in [-0.39, 0.29) is 11.7 Å². The Hall–Kier alpha value is -2.59. The number of carbonyl (C=O) groups excluding carboxylic acids is 1. The summed E-state index contributed by atoms with van der Waals surface area (Å²) in [4.78, 5) is 15.1. The topological polar surface area (TPSA) is 49.8 Å². The average molecular weight is 394 g/mol. The van der Waals surface area contributed by atoms with Gasteiger partial charge in [-0.05, 0) is 58.3 Å². The van der Waals surface area contributed by atoms with Gasteiger partial charge in [-0.25, -0.2) is 0 Å². The second-order valence-electron chi connectivity index (χ2n) is 7.80. The molecular weight excluding hydrogens is 362 g/mol. The van der Waals surface area contributed by atoms with Crippen molar-refractivity contribution >= 4 is 5.78 Å². The number of piperidine rings is 1. The van der Waals surface area contributed by atoms with Crippen LogP contribution in [-0.2, 0) is 13.0 Å². The summed E-state index contributed by atoms with van der Waals surface area (Å²) in [6.07, 6.45) is 4.08. The van der Waals surface area contributed by atoms with E-state index in [1.807, 2.05) is 50.2 Å². The summed E-state index contributed by atoms with van der Waals surface area (Å²) < 4.78 is 5.67. The molecule has 0 aliphatic carbocycles. The van der Waals surface area contributed by atoms with Crippen molar-refractivity contribution in [1.82, 2.24) is 4.90 Å². The molecule has 2 aromatic rings. The van der Waals surface area contributed by atoms with Crippen LogP contribution >= 0.6 is 0 Å². The first-order valence-corrected chi connectivity index (χ1v) is 10.4. The van der Waals surface area contributed by atoms with Crippen molar-refractivity contribution < 1.29 is 14.6 Å². The highest BCUT2D eigenvalue weighted by molar-refractivity contribution is 5.97. The predicted molar refractivity (Wildman–Crippen MR) is 117 cm³/mol. The molecule has 0 amide bonds. The zero-order valence-electron chi connectivity index (χ0n) is 17.5. The molecule has 4 heteroatoms. The molecule has 1 aliphatic heterocycles. The molecule has 3 rings (SSSR count). The number of allylic oxidation sites excluding steroid dienone is 1. The van der Waals surface area contributed by atoms with Crippen molar-refractivity contribution in [3.63, 3.8) is 0 Å². The van der Waals surface area contributed by atoms with E-state index in [0.717, 1.165) is 48.4 Å². The molecule has 154 valence electrons. The van der Waals surface area contributed by atoms with Gasteiger partial charge in [-0.1, -0.05) is 35.9 Å². The van der Waals surface area contributed by atoms with E-state index in [1.54, 1.807) is 6.08 Å². The summed E-state index contributed by atoms with van der Waals surface area (Å²) in [5, 5.41) is 10.7. The van der Waals surface area contributed by atoms with Crippen LogP contribution in [0.3, 0.4) is 0 Å². The normalized spacial score (nSPS) is 15.2. The van der Waals surface area contributed by atoms with Gasteiger partial charge in [-0.15, -0.1) is 6.58 Å². The molecule has 29 heavy (non-hydrogen) atoms. The summed E-state index contributed by atoms with van der Waals surface area (Å²) in [7, 11) is 0. The van der Waals surface area contributed by atoms with Crippen molar-refractivity contribution in [2.45, 2.75) is 39.7 Å². The Morgan fingerprint density at radius 3 is 2.48 bits per heavy atom. The van der Waals surface area contributed by atoms with Crippen LogP contribution in [0, 0.1) is 12.8 Å². The summed E-state index contributed by atoms with van der Waals surface area (Å²) in [5.74, 6) is 1.43. The van der Waals surface area contributed by atoms with E-state index >= 15 is 0 Å². The molecule has 0 aromatic heterocycles. The lowest BCUT2D eigenvalue weighted by atomic mass is 9.88. The zero-order chi connectivity index (χ0) is 20.8. The minimum atomic E-state index is 0.0774. The van der Waals surface area contributed by atoms with Crippen LogP contribution in [0.15, 0.2) is 49.1 Å². The van der Waals surface area contributed by atoms with E-state index in [0.29, 0.717) is 25.3 Å². The molecule has 1 saturated heterocycles. The number of phenolic OH excluding ortho intramolecular Hbond substituents is 1. The number of aryl methyl sites for hydroxylation is 1. The summed E-state index contributed by atoms with van der Waals surface area (Å²) in [6, 6.07) is 11.7. The molecule has 2 aromatic carbocycles. The molecule has 0 bridgehead atoms. The molecule has 0 radical (unpaired) electrons. The van der Waals surface area contributed by atoms with Gasteiger partial charge in [0.25, 0.3) is 0 Å². The third-order valence-electron chi connectivity index (χ3n) is 5.60. The van der Waals surface area contributed by atoms with Crippen LogP contribution in [0.4, 0.5) is 0 Å². The fourth-order valence-corrected chi connectivity index (χ4v) is 3.96. The van der Waals surface area contributed by atoms with Crippen LogP contribution in [0.25, 0.3) is 0 Å². The van der Waals surface area contributed by atoms with Gasteiger partial charge < -0.3 is 9.84 Å². The second-order valence-corrected chi connectivity index (χ2v) is 7.80. The highest BCUT2D eigenvalue weighted by Gasteiger charge is 2.26. The summed E-state index contributed by atoms with van der Waals surface area (Å²) >= 11 is 0. The smallest absolute Gasteiger partial charge is 0.166 e.